The highest BCUT2D eigenvalue weighted by molar-refractivity contribution is 5.40. The number of benzene rings is 2. The number of aryl methyl sites for hydroxylation is 2. The molecule has 0 aromatic heterocycles. The summed E-state index contributed by atoms with van der Waals surface area (Å²) in [7, 11) is 0. The molecule has 0 radical (unpaired) electrons. The van der Waals surface area contributed by atoms with Gasteiger partial charge in [0.05, 0.1) is 0 Å². The Bertz CT molecular complexity index is 1010. The van der Waals surface area contributed by atoms with Crippen LogP contribution in [-0.2, 0) is 0 Å². The lowest BCUT2D eigenvalue weighted by Crippen LogP contribution is -1.95. The van der Waals surface area contributed by atoms with E-state index in [-0.39, 0.29) is 0 Å². The third-order valence-corrected chi connectivity index (χ3v) is 7.85. The summed E-state index contributed by atoms with van der Waals surface area (Å²) in [6.45, 7) is 33.8. The Kier molecular flexibility index (Phi) is 13.8. The van der Waals surface area contributed by atoms with E-state index >= 15 is 0 Å². The molecule has 2 aromatic rings. The molecule has 212 valence electrons. The molecule has 1 aliphatic rings. The van der Waals surface area contributed by atoms with E-state index in [0.717, 1.165) is 5.92 Å². The summed E-state index contributed by atoms with van der Waals surface area (Å²) in [6, 6.07) is 13.7. The molecule has 3 rings (SSSR count). The molecule has 0 spiro atoms. The van der Waals surface area contributed by atoms with Crippen LogP contribution < -0.4 is 0 Å². The van der Waals surface area contributed by atoms with Crippen molar-refractivity contribution in [2.75, 3.05) is 0 Å². The molecule has 1 aliphatic carbocycles. The van der Waals surface area contributed by atoms with E-state index in [4.69, 9.17) is 0 Å². The molecule has 0 heteroatoms. The maximum Gasteiger partial charge on any atom is -0.00995 e. The summed E-state index contributed by atoms with van der Waals surface area (Å²) in [5, 5.41) is 0. The maximum atomic E-state index is 2.41. The van der Waals surface area contributed by atoms with Gasteiger partial charge in [0.1, 0.15) is 0 Å². The van der Waals surface area contributed by atoms with Crippen molar-refractivity contribution in [2.45, 2.75) is 134 Å². The highest BCUT2D eigenvalue weighted by atomic mass is 14.2. The number of hydrogen-bond acceptors (Lipinski definition) is 0. The Morgan fingerprint density at radius 2 is 0.868 bits per heavy atom. The van der Waals surface area contributed by atoms with E-state index < -0.39 is 0 Å². The lowest BCUT2D eigenvalue weighted by atomic mass is 9.92. The molecule has 0 bridgehead atoms. The fraction of sp³-hybridized carbons (Fsp3) is 0.579. The van der Waals surface area contributed by atoms with Crippen LogP contribution in [0.1, 0.15) is 153 Å². The van der Waals surface area contributed by atoms with Crippen LogP contribution in [0.25, 0.3) is 0 Å². The molecule has 0 saturated heterocycles. The van der Waals surface area contributed by atoms with Crippen molar-refractivity contribution < 1.29 is 0 Å². The van der Waals surface area contributed by atoms with Gasteiger partial charge in [-0.2, -0.15) is 0 Å². The zero-order valence-electron chi connectivity index (χ0n) is 27.7. The number of hydrogen-bond donors (Lipinski definition) is 0. The molecule has 0 unspecified atom stereocenters. The van der Waals surface area contributed by atoms with Crippen molar-refractivity contribution in [3.63, 3.8) is 0 Å². The van der Waals surface area contributed by atoms with Crippen molar-refractivity contribution >= 4 is 0 Å². The third-order valence-electron chi connectivity index (χ3n) is 7.85. The van der Waals surface area contributed by atoms with E-state index in [0.29, 0.717) is 29.6 Å². The summed E-state index contributed by atoms with van der Waals surface area (Å²) in [5.74, 6) is 3.96. The monoisotopic (exact) mass is 516 g/mol. The molecular weight excluding hydrogens is 456 g/mol. The first-order valence-corrected chi connectivity index (χ1v) is 15.2. The quantitative estimate of drug-likeness (QED) is 0.358. The Balaban J connectivity index is 0.000000285. The van der Waals surface area contributed by atoms with Crippen molar-refractivity contribution in [1.82, 2.24) is 0 Å². The first kappa shape index (κ1) is 33.9. The predicted molar refractivity (Wildman–Crippen MR) is 174 cm³/mol. The Morgan fingerprint density at radius 3 is 1.11 bits per heavy atom. The van der Waals surface area contributed by atoms with Gasteiger partial charge in [-0.3, -0.25) is 0 Å². The fourth-order valence-corrected chi connectivity index (χ4v) is 5.09. The van der Waals surface area contributed by atoms with E-state index in [2.05, 4.69) is 146 Å². The van der Waals surface area contributed by atoms with Crippen molar-refractivity contribution in [3.8, 4) is 0 Å². The van der Waals surface area contributed by atoms with E-state index in [1.54, 1.807) is 16.7 Å². The molecule has 0 fully saturated rings. The minimum atomic E-state index is 0.637. The van der Waals surface area contributed by atoms with Gasteiger partial charge in [-0.15, -0.1) is 0 Å². The predicted octanol–water partition coefficient (Wildman–Crippen LogP) is 12.4. The van der Waals surface area contributed by atoms with Gasteiger partial charge in [-0.05, 0) is 102 Å². The van der Waals surface area contributed by atoms with Crippen LogP contribution in [0, 0.1) is 25.7 Å². The standard InChI is InChI=1S/2C13H20.C12H20/c2*1-9(2)12-7-6-11(5)13(8-12)10(3)4;1-8(2)11-6-10(5)12(7-11)9(3)4/h2*6-10H,1-5H3;7-9H,6H2,1-5H3. The normalized spacial score (nSPS) is 13.4. The van der Waals surface area contributed by atoms with Crippen LogP contribution in [-0.4, -0.2) is 0 Å². The lowest BCUT2D eigenvalue weighted by Gasteiger charge is -2.13. The van der Waals surface area contributed by atoms with Crippen LogP contribution in [0.5, 0.6) is 0 Å². The molecule has 0 N–H and O–H groups in total. The van der Waals surface area contributed by atoms with Crippen molar-refractivity contribution in [1.29, 1.82) is 0 Å². The molecule has 0 amide bonds. The summed E-state index contributed by atoms with van der Waals surface area (Å²) >= 11 is 0. The molecule has 0 saturated carbocycles. The van der Waals surface area contributed by atoms with Gasteiger partial charge in [-0.25, -0.2) is 0 Å². The van der Waals surface area contributed by atoms with Gasteiger partial charge in [0.2, 0.25) is 0 Å². The van der Waals surface area contributed by atoms with Gasteiger partial charge in [0, 0.05) is 0 Å². The largest absolute Gasteiger partial charge is 0.0658 e. The minimum absolute atomic E-state index is 0.637. The zero-order valence-corrected chi connectivity index (χ0v) is 27.7. The molecule has 38 heavy (non-hydrogen) atoms. The van der Waals surface area contributed by atoms with Gasteiger partial charge in [0.15, 0.2) is 0 Å². The average molecular weight is 517 g/mol. The Morgan fingerprint density at radius 1 is 0.474 bits per heavy atom. The second-order valence-corrected chi connectivity index (χ2v) is 13.3. The third kappa shape index (κ3) is 10.2. The topological polar surface area (TPSA) is 0 Å². The van der Waals surface area contributed by atoms with Crippen LogP contribution in [0.3, 0.4) is 0 Å². The summed E-state index contributed by atoms with van der Waals surface area (Å²) in [5.41, 5.74) is 13.5. The minimum Gasteiger partial charge on any atom is -0.0658 e. The summed E-state index contributed by atoms with van der Waals surface area (Å²) < 4.78 is 0. The SMILES string of the molecule is CC1=C(C(C)C)C=C(C(C)C)C1.Cc1ccc(C(C)C)cc1C(C)C.Cc1ccc(C(C)C)cc1C(C)C. The second kappa shape index (κ2) is 15.5. The summed E-state index contributed by atoms with van der Waals surface area (Å²) in [6.07, 6.45) is 3.62. The second-order valence-electron chi connectivity index (χ2n) is 13.3. The fourth-order valence-electron chi connectivity index (χ4n) is 5.09. The first-order chi connectivity index (χ1) is 17.6. The van der Waals surface area contributed by atoms with Crippen LogP contribution in [0.15, 0.2) is 59.2 Å². The first-order valence-electron chi connectivity index (χ1n) is 15.2. The molecular formula is C38H60. The summed E-state index contributed by atoms with van der Waals surface area (Å²) in [4.78, 5) is 0. The highest BCUT2D eigenvalue weighted by Crippen LogP contribution is 2.33. The molecule has 0 aliphatic heterocycles. The van der Waals surface area contributed by atoms with Gasteiger partial charge < -0.3 is 0 Å². The smallest absolute Gasteiger partial charge is 0.00995 e. The maximum absolute atomic E-state index is 2.41. The molecule has 0 heterocycles. The van der Waals surface area contributed by atoms with Gasteiger partial charge >= 0.3 is 0 Å². The van der Waals surface area contributed by atoms with Crippen molar-refractivity contribution in [2.24, 2.45) is 11.8 Å². The van der Waals surface area contributed by atoms with Crippen LogP contribution in [0.2, 0.25) is 0 Å². The lowest BCUT2D eigenvalue weighted by molar-refractivity contribution is 0.746. The molecule has 0 nitrogen and oxygen atoms in total. The average Bonchev–Trinajstić information content (AvgIpc) is 3.22. The Hall–Kier alpha value is -2.08. The number of allylic oxidation sites excluding steroid dienone is 4. The van der Waals surface area contributed by atoms with Crippen LogP contribution in [0.4, 0.5) is 0 Å². The van der Waals surface area contributed by atoms with Crippen LogP contribution >= 0.6 is 0 Å². The van der Waals surface area contributed by atoms with E-state index in [9.17, 15) is 0 Å². The molecule has 2 aromatic carbocycles. The van der Waals surface area contributed by atoms with E-state index in [1.165, 1.54) is 39.8 Å². The Labute approximate surface area is 238 Å². The highest BCUT2D eigenvalue weighted by Gasteiger charge is 2.16. The van der Waals surface area contributed by atoms with E-state index in [1.807, 2.05) is 0 Å². The zero-order chi connectivity index (χ0) is 29.3. The van der Waals surface area contributed by atoms with Gasteiger partial charge in [-0.1, -0.05) is 137 Å². The number of rotatable bonds is 6. The van der Waals surface area contributed by atoms with Crippen molar-refractivity contribution in [3.05, 3.63) is 92.6 Å². The molecule has 0 atom stereocenters. The van der Waals surface area contributed by atoms with Gasteiger partial charge in [0.25, 0.3) is 0 Å².